The summed E-state index contributed by atoms with van der Waals surface area (Å²) in [5.41, 5.74) is 0.384. The van der Waals surface area contributed by atoms with E-state index in [1.165, 1.54) is 19.1 Å². The zero-order valence-electron chi connectivity index (χ0n) is 8.00. The van der Waals surface area contributed by atoms with Crippen LogP contribution >= 0.6 is 11.6 Å². The van der Waals surface area contributed by atoms with Crippen molar-refractivity contribution in [2.24, 2.45) is 0 Å². The summed E-state index contributed by atoms with van der Waals surface area (Å²) in [4.78, 5) is 11.2. The van der Waals surface area contributed by atoms with Gasteiger partial charge in [-0.15, -0.1) is 0 Å². The van der Waals surface area contributed by atoms with E-state index < -0.39 is 0 Å². The molecule has 0 aliphatic heterocycles. The number of rotatable bonds is 3. The lowest BCUT2D eigenvalue weighted by molar-refractivity contribution is 0.101. The van der Waals surface area contributed by atoms with Crippen molar-refractivity contribution in [1.29, 1.82) is 0 Å². The number of phenols is 1. The van der Waals surface area contributed by atoms with Crippen LogP contribution in [0.2, 0.25) is 5.02 Å². The van der Waals surface area contributed by atoms with E-state index in [9.17, 15) is 9.90 Å². The number of halogens is 1. The van der Waals surface area contributed by atoms with Crippen molar-refractivity contribution in [3.8, 4) is 11.5 Å². The highest BCUT2D eigenvalue weighted by Gasteiger charge is 2.15. The maximum atomic E-state index is 11.2. The number of carbonyl (C=O) groups excluding carboxylic acids is 1. The second kappa shape index (κ2) is 4.33. The molecule has 1 aromatic rings. The molecule has 0 saturated carbocycles. The van der Waals surface area contributed by atoms with Crippen molar-refractivity contribution in [3.05, 3.63) is 22.7 Å². The molecule has 1 rings (SSSR count). The highest BCUT2D eigenvalue weighted by Crippen LogP contribution is 2.36. The molecule has 0 aliphatic carbocycles. The number of hydrogen-bond acceptors (Lipinski definition) is 3. The van der Waals surface area contributed by atoms with E-state index >= 15 is 0 Å². The Balaban J connectivity index is 3.29. The molecule has 0 bridgehead atoms. The Labute approximate surface area is 87.3 Å². The summed E-state index contributed by atoms with van der Waals surface area (Å²) < 4.78 is 5.20. The lowest BCUT2D eigenvalue weighted by atomic mass is 10.1. The van der Waals surface area contributed by atoms with Crippen LogP contribution < -0.4 is 4.74 Å². The van der Waals surface area contributed by atoms with Crippen molar-refractivity contribution in [2.45, 2.75) is 13.8 Å². The Morgan fingerprint density at radius 1 is 1.57 bits per heavy atom. The first-order chi connectivity index (χ1) is 6.57. The SMILES string of the molecule is CCOc1c(C(C)=O)ccc(O)c1Cl. The highest BCUT2D eigenvalue weighted by atomic mass is 35.5. The fraction of sp³-hybridized carbons (Fsp3) is 0.300. The van der Waals surface area contributed by atoms with Gasteiger partial charge in [0.1, 0.15) is 10.8 Å². The van der Waals surface area contributed by atoms with E-state index in [4.69, 9.17) is 16.3 Å². The molecule has 4 heteroatoms. The molecular formula is C10H11ClO3. The summed E-state index contributed by atoms with van der Waals surface area (Å²) >= 11 is 5.79. The molecule has 1 N–H and O–H groups in total. The largest absolute Gasteiger partial charge is 0.506 e. The number of phenolic OH excluding ortho intramolecular Hbond substituents is 1. The number of benzene rings is 1. The van der Waals surface area contributed by atoms with Crippen molar-refractivity contribution in [2.75, 3.05) is 6.61 Å². The van der Waals surface area contributed by atoms with Gasteiger partial charge in [-0.25, -0.2) is 0 Å². The van der Waals surface area contributed by atoms with E-state index in [1.807, 2.05) is 0 Å². The molecule has 0 amide bonds. The lowest BCUT2D eigenvalue weighted by Gasteiger charge is -2.10. The number of aromatic hydroxyl groups is 1. The Morgan fingerprint density at radius 2 is 2.21 bits per heavy atom. The number of Topliss-reactive ketones (excluding diaryl/α,β-unsaturated/α-hetero) is 1. The summed E-state index contributed by atoms with van der Waals surface area (Å²) in [5.74, 6) is 0.0251. The normalized spacial score (nSPS) is 9.93. The van der Waals surface area contributed by atoms with Gasteiger partial charge in [0.05, 0.1) is 12.2 Å². The molecular weight excluding hydrogens is 204 g/mol. The average Bonchev–Trinajstić information content (AvgIpc) is 2.13. The fourth-order valence-corrected chi connectivity index (χ4v) is 1.33. The fourth-order valence-electron chi connectivity index (χ4n) is 1.11. The molecule has 0 spiro atoms. The Bertz CT molecular complexity index is 361. The van der Waals surface area contributed by atoms with Crippen molar-refractivity contribution in [1.82, 2.24) is 0 Å². The van der Waals surface area contributed by atoms with Crippen LogP contribution in [0.5, 0.6) is 11.5 Å². The molecule has 0 radical (unpaired) electrons. The predicted molar refractivity (Wildman–Crippen MR) is 54.3 cm³/mol. The number of hydrogen-bond donors (Lipinski definition) is 1. The van der Waals surface area contributed by atoms with Crippen LogP contribution in [0.4, 0.5) is 0 Å². The van der Waals surface area contributed by atoms with Gasteiger partial charge in [0, 0.05) is 0 Å². The number of carbonyl (C=O) groups is 1. The minimum absolute atomic E-state index is 0.0829. The van der Waals surface area contributed by atoms with Gasteiger partial charge in [-0.3, -0.25) is 4.79 Å². The third kappa shape index (κ3) is 1.99. The summed E-state index contributed by atoms with van der Waals surface area (Å²) in [5, 5.41) is 9.39. The summed E-state index contributed by atoms with van der Waals surface area (Å²) in [6, 6.07) is 2.87. The standard InChI is InChI=1S/C10H11ClO3/c1-3-14-10-7(6(2)12)4-5-8(13)9(10)11/h4-5,13H,3H2,1-2H3. The van der Waals surface area contributed by atoms with E-state index in [2.05, 4.69) is 0 Å². The first-order valence-electron chi connectivity index (χ1n) is 4.23. The molecule has 1 aromatic carbocycles. The van der Waals surface area contributed by atoms with E-state index in [-0.39, 0.29) is 22.3 Å². The van der Waals surface area contributed by atoms with Gasteiger partial charge in [-0.2, -0.15) is 0 Å². The number of ether oxygens (including phenoxy) is 1. The van der Waals surface area contributed by atoms with Crippen molar-refractivity contribution in [3.63, 3.8) is 0 Å². The van der Waals surface area contributed by atoms with Crippen LogP contribution in [0.1, 0.15) is 24.2 Å². The lowest BCUT2D eigenvalue weighted by Crippen LogP contribution is -2.01. The van der Waals surface area contributed by atoms with Gasteiger partial charge in [-0.05, 0) is 26.0 Å². The Kier molecular flexibility index (Phi) is 3.36. The zero-order valence-corrected chi connectivity index (χ0v) is 8.76. The molecule has 0 unspecified atom stereocenters. The Hall–Kier alpha value is -1.22. The Morgan fingerprint density at radius 3 is 2.71 bits per heavy atom. The smallest absolute Gasteiger partial charge is 0.163 e. The van der Waals surface area contributed by atoms with Gasteiger partial charge < -0.3 is 9.84 Å². The third-order valence-electron chi connectivity index (χ3n) is 1.74. The summed E-state index contributed by atoms with van der Waals surface area (Å²) in [6.45, 7) is 3.60. The van der Waals surface area contributed by atoms with Gasteiger partial charge in [-0.1, -0.05) is 11.6 Å². The molecule has 0 fully saturated rings. The first kappa shape index (κ1) is 10.9. The van der Waals surface area contributed by atoms with Gasteiger partial charge in [0.2, 0.25) is 0 Å². The van der Waals surface area contributed by atoms with Crippen LogP contribution in [0, 0.1) is 0 Å². The molecule has 0 saturated heterocycles. The maximum absolute atomic E-state index is 11.2. The molecule has 0 aliphatic rings. The number of ketones is 1. The summed E-state index contributed by atoms with van der Waals surface area (Å²) in [6.07, 6.45) is 0. The zero-order chi connectivity index (χ0) is 10.7. The van der Waals surface area contributed by atoms with Crippen LogP contribution in [0.3, 0.4) is 0 Å². The monoisotopic (exact) mass is 214 g/mol. The minimum atomic E-state index is -0.143. The molecule has 0 aromatic heterocycles. The highest BCUT2D eigenvalue weighted by molar-refractivity contribution is 6.34. The van der Waals surface area contributed by atoms with E-state index in [0.29, 0.717) is 12.2 Å². The summed E-state index contributed by atoms with van der Waals surface area (Å²) in [7, 11) is 0. The minimum Gasteiger partial charge on any atom is -0.506 e. The van der Waals surface area contributed by atoms with E-state index in [1.54, 1.807) is 6.92 Å². The third-order valence-corrected chi connectivity index (χ3v) is 2.11. The molecule has 14 heavy (non-hydrogen) atoms. The van der Waals surface area contributed by atoms with Crippen molar-refractivity contribution >= 4 is 17.4 Å². The van der Waals surface area contributed by atoms with Crippen LogP contribution in [-0.2, 0) is 0 Å². The second-order valence-corrected chi connectivity index (χ2v) is 3.14. The second-order valence-electron chi connectivity index (χ2n) is 2.76. The first-order valence-corrected chi connectivity index (χ1v) is 4.61. The van der Waals surface area contributed by atoms with Crippen LogP contribution in [-0.4, -0.2) is 17.5 Å². The van der Waals surface area contributed by atoms with Gasteiger partial charge >= 0.3 is 0 Å². The van der Waals surface area contributed by atoms with E-state index in [0.717, 1.165) is 0 Å². The topological polar surface area (TPSA) is 46.5 Å². The molecule has 3 nitrogen and oxygen atoms in total. The molecule has 0 atom stereocenters. The quantitative estimate of drug-likeness (QED) is 0.787. The van der Waals surface area contributed by atoms with Crippen LogP contribution in [0.25, 0.3) is 0 Å². The molecule has 76 valence electrons. The average molecular weight is 215 g/mol. The van der Waals surface area contributed by atoms with Crippen molar-refractivity contribution < 1.29 is 14.6 Å². The maximum Gasteiger partial charge on any atom is 0.163 e. The molecule has 0 heterocycles. The van der Waals surface area contributed by atoms with Gasteiger partial charge in [0.25, 0.3) is 0 Å². The van der Waals surface area contributed by atoms with Gasteiger partial charge in [0.15, 0.2) is 11.5 Å². The predicted octanol–water partition coefficient (Wildman–Crippen LogP) is 2.65. The van der Waals surface area contributed by atoms with Crippen LogP contribution in [0.15, 0.2) is 12.1 Å².